The average Bonchev–Trinajstić information content (AvgIpc) is 2.85. The Morgan fingerprint density at radius 2 is 2.05 bits per heavy atom. The van der Waals surface area contributed by atoms with E-state index in [0.29, 0.717) is 6.10 Å². The number of hydrogen-bond donors (Lipinski definition) is 1. The maximum atomic E-state index is 6.15. The predicted octanol–water partition coefficient (Wildman–Crippen LogP) is 3.52. The van der Waals surface area contributed by atoms with Crippen molar-refractivity contribution >= 4 is 0 Å². The molecule has 0 aliphatic heterocycles. The van der Waals surface area contributed by atoms with Crippen molar-refractivity contribution in [3.63, 3.8) is 0 Å². The molecule has 0 saturated heterocycles. The largest absolute Gasteiger partial charge is 0.474 e. The van der Waals surface area contributed by atoms with E-state index in [0.717, 1.165) is 31.1 Å². The first-order chi connectivity index (χ1) is 9.20. The fraction of sp³-hybridized carbons (Fsp3) is 0.688. The third-order valence-electron chi connectivity index (χ3n) is 3.75. The molecule has 1 saturated carbocycles. The lowest BCUT2D eigenvalue weighted by Crippen LogP contribution is -2.19. The van der Waals surface area contributed by atoms with Gasteiger partial charge in [-0.3, -0.25) is 0 Å². The van der Waals surface area contributed by atoms with Gasteiger partial charge in [0.2, 0.25) is 5.88 Å². The Morgan fingerprint density at radius 1 is 1.32 bits per heavy atom. The molecule has 0 bridgehead atoms. The molecule has 1 heterocycles. The number of aryl methyl sites for hydroxylation is 2. The molecule has 3 heteroatoms. The average molecular weight is 262 g/mol. The smallest absolute Gasteiger partial charge is 0.218 e. The first-order valence-corrected chi connectivity index (χ1v) is 7.55. The summed E-state index contributed by atoms with van der Waals surface area (Å²) in [4.78, 5) is 4.61. The van der Waals surface area contributed by atoms with Gasteiger partial charge in [0.1, 0.15) is 6.10 Å². The topological polar surface area (TPSA) is 34.2 Å². The summed E-state index contributed by atoms with van der Waals surface area (Å²) in [6.45, 7) is 8.27. The molecule has 0 unspecified atom stereocenters. The Kier molecular flexibility index (Phi) is 5.20. The van der Waals surface area contributed by atoms with E-state index < -0.39 is 0 Å². The van der Waals surface area contributed by atoms with E-state index in [1.165, 1.54) is 36.8 Å². The van der Waals surface area contributed by atoms with Crippen LogP contribution in [0, 0.1) is 13.8 Å². The third-order valence-corrected chi connectivity index (χ3v) is 3.75. The lowest BCUT2D eigenvalue weighted by molar-refractivity contribution is 0.198. The summed E-state index contributed by atoms with van der Waals surface area (Å²) >= 11 is 0. The number of rotatable bonds is 6. The molecule has 106 valence electrons. The van der Waals surface area contributed by atoms with E-state index in [-0.39, 0.29) is 0 Å². The van der Waals surface area contributed by atoms with Crippen molar-refractivity contribution in [1.29, 1.82) is 0 Å². The van der Waals surface area contributed by atoms with Crippen LogP contribution in [-0.2, 0) is 6.54 Å². The van der Waals surface area contributed by atoms with Crippen LogP contribution in [0.1, 0.15) is 55.8 Å². The quantitative estimate of drug-likeness (QED) is 0.796. The molecule has 1 aromatic heterocycles. The van der Waals surface area contributed by atoms with Crippen LogP contribution in [0.25, 0.3) is 0 Å². The van der Waals surface area contributed by atoms with E-state index >= 15 is 0 Å². The number of pyridine rings is 1. The highest BCUT2D eigenvalue weighted by molar-refractivity contribution is 5.36. The van der Waals surface area contributed by atoms with Gasteiger partial charge in [-0.1, -0.05) is 6.92 Å². The summed E-state index contributed by atoms with van der Waals surface area (Å²) in [7, 11) is 0. The van der Waals surface area contributed by atoms with Crippen LogP contribution >= 0.6 is 0 Å². The van der Waals surface area contributed by atoms with Gasteiger partial charge in [0.25, 0.3) is 0 Å². The van der Waals surface area contributed by atoms with E-state index in [9.17, 15) is 0 Å². The Labute approximate surface area is 116 Å². The highest BCUT2D eigenvalue weighted by atomic mass is 16.5. The minimum absolute atomic E-state index is 0.374. The molecule has 1 aromatic rings. The molecular formula is C16H26N2O. The van der Waals surface area contributed by atoms with Crippen LogP contribution in [-0.4, -0.2) is 17.6 Å². The number of aromatic nitrogens is 1. The van der Waals surface area contributed by atoms with Crippen molar-refractivity contribution in [3.05, 3.63) is 22.9 Å². The highest BCUT2D eigenvalue weighted by Gasteiger charge is 2.19. The van der Waals surface area contributed by atoms with Crippen molar-refractivity contribution in [2.24, 2.45) is 0 Å². The zero-order chi connectivity index (χ0) is 13.7. The molecule has 0 amide bonds. The zero-order valence-corrected chi connectivity index (χ0v) is 12.5. The fourth-order valence-electron chi connectivity index (χ4n) is 2.70. The second-order valence-corrected chi connectivity index (χ2v) is 5.57. The lowest BCUT2D eigenvalue weighted by Gasteiger charge is -2.18. The van der Waals surface area contributed by atoms with Gasteiger partial charge in [0.05, 0.1) is 0 Å². The van der Waals surface area contributed by atoms with Gasteiger partial charge in [-0.05, 0) is 64.1 Å². The van der Waals surface area contributed by atoms with E-state index in [1.807, 2.05) is 6.92 Å². The van der Waals surface area contributed by atoms with Crippen LogP contribution in [0.5, 0.6) is 5.88 Å². The minimum atomic E-state index is 0.374. The molecule has 1 N–H and O–H groups in total. The first-order valence-electron chi connectivity index (χ1n) is 7.55. The normalized spacial score (nSPS) is 15.9. The van der Waals surface area contributed by atoms with Gasteiger partial charge in [-0.15, -0.1) is 0 Å². The van der Waals surface area contributed by atoms with Crippen molar-refractivity contribution in [2.45, 2.75) is 65.5 Å². The summed E-state index contributed by atoms with van der Waals surface area (Å²) in [5, 5.41) is 3.46. The van der Waals surface area contributed by atoms with Gasteiger partial charge in [0, 0.05) is 17.8 Å². The van der Waals surface area contributed by atoms with Gasteiger partial charge in [-0.25, -0.2) is 4.98 Å². The first kappa shape index (κ1) is 14.3. The summed E-state index contributed by atoms with van der Waals surface area (Å²) < 4.78 is 6.15. The lowest BCUT2D eigenvalue weighted by atomic mass is 10.1. The number of nitrogens with zero attached hydrogens (tertiary/aromatic N) is 1. The Bertz CT molecular complexity index is 411. The standard InChI is InChI=1S/C16H26N2O/c1-4-9-17-11-15-12(2)10-13(3)18-16(15)19-14-7-5-6-8-14/h10,14,17H,4-9,11H2,1-3H3. The summed E-state index contributed by atoms with van der Waals surface area (Å²) in [6.07, 6.45) is 6.46. The zero-order valence-electron chi connectivity index (χ0n) is 12.5. The third kappa shape index (κ3) is 3.93. The van der Waals surface area contributed by atoms with Crippen molar-refractivity contribution in [2.75, 3.05) is 6.54 Å². The number of ether oxygens (including phenoxy) is 1. The molecule has 0 spiro atoms. The SMILES string of the molecule is CCCNCc1c(C)cc(C)nc1OC1CCCC1. The van der Waals surface area contributed by atoms with Gasteiger partial charge >= 0.3 is 0 Å². The molecule has 1 aliphatic rings. The van der Waals surface area contributed by atoms with Crippen LogP contribution in [0.15, 0.2) is 6.07 Å². The van der Waals surface area contributed by atoms with Crippen LogP contribution in [0.3, 0.4) is 0 Å². The van der Waals surface area contributed by atoms with Gasteiger partial charge in [-0.2, -0.15) is 0 Å². The summed E-state index contributed by atoms with van der Waals surface area (Å²) in [5.41, 5.74) is 3.56. The Hall–Kier alpha value is -1.09. The van der Waals surface area contributed by atoms with Crippen molar-refractivity contribution < 1.29 is 4.74 Å². The summed E-state index contributed by atoms with van der Waals surface area (Å²) in [5.74, 6) is 0.855. The predicted molar refractivity (Wildman–Crippen MR) is 78.6 cm³/mol. The van der Waals surface area contributed by atoms with Gasteiger partial charge in [0.15, 0.2) is 0 Å². The van der Waals surface area contributed by atoms with Crippen LogP contribution in [0.2, 0.25) is 0 Å². The number of hydrogen-bond acceptors (Lipinski definition) is 3. The monoisotopic (exact) mass is 262 g/mol. The second-order valence-electron chi connectivity index (χ2n) is 5.57. The molecule has 19 heavy (non-hydrogen) atoms. The summed E-state index contributed by atoms with van der Waals surface area (Å²) in [6, 6.07) is 2.14. The molecular weight excluding hydrogens is 236 g/mol. The molecule has 0 radical (unpaired) electrons. The van der Waals surface area contributed by atoms with Crippen molar-refractivity contribution in [1.82, 2.24) is 10.3 Å². The van der Waals surface area contributed by atoms with Crippen LogP contribution in [0.4, 0.5) is 0 Å². The highest BCUT2D eigenvalue weighted by Crippen LogP contribution is 2.27. The maximum absolute atomic E-state index is 6.15. The van der Waals surface area contributed by atoms with Gasteiger partial charge < -0.3 is 10.1 Å². The molecule has 3 nitrogen and oxygen atoms in total. The number of nitrogens with one attached hydrogen (secondary N) is 1. The fourth-order valence-corrected chi connectivity index (χ4v) is 2.70. The van der Waals surface area contributed by atoms with Crippen LogP contribution < -0.4 is 10.1 Å². The molecule has 2 rings (SSSR count). The maximum Gasteiger partial charge on any atom is 0.218 e. The minimum Gasteiger partial charge on any atom is -0.474 e. The second kappa shape index (κ2) is 6.90. The van der Waals surface area contributed by atoms with E-state index in [1.54, 1.807) is 0 Å². The van der Waals surface area contributed by atoms with E-state index in [2.05, 4.69) is 30.2 Å². The van der Waals surface area contributed by atoms with E-state index in [4.69, 9.17) is 4.74 Å². The molecule has 0 atom stereocenters. The molecule has 1 fully saturated rings. The Balaban J connectivity index is 2.13. The Morgan fingerprint density at radius 3 is 2.74 bits per heavy atom. The molecule has 0 aromatic carbocycles. The molecule has 1 aliphatic carbocycles. The van der Waals surface area contributed by atoms with Crippen molar-refractivity contribution in [3.8, 4) is 5.88 Å².